The number of rotatable bonds is 6. The van der Waals surface area contributed by atoms with Gasteiger partial charge in [-0.05, 0) is 48.6 Å². The van der Waals surface area contributed by atoms with Gasteiger partial charge in [0.05, 0.1) is 11.4 Å². The Morgan fingerprint density at radius 1 is 1.21 bits per heavy atom. The fraction of sp³-hybridized carbons (Fsp3) is 0.111. The van der Waals surface area contributed by atoms with Crippen LogP contribution in [0.2, 0.25) is 0 Å². The van der Waals surface area contributed by atoms with Crippen molar-refractivity contribution in [2.24, 2.45) is 0 Å². The smallest absolute Gasteiger partial charge is 0.263 e. The van der Waals surface area contributed by atoms with Crippen molar-refractivity contribution in [1.82, 2.24) is 14.5 Å². The first-order valence-corrected chi connectivity index (χ1v) is 10.8. The van der Waals surface area contributed by atoms with Gasteiger partial charge in [0, 0.05) is 11.4 Å². The third-order valence-corrected chi connectivity index (χ3v) is 5.72. The van der Waals surface area contributed by atoms with Crippen LogP contribution in [0, 0.1) is 11.3 Å². The van der Waals surface area contributed by atoms with Crippen molar-refractivity contribution in [1.29, 1.82) is 5.26 Å². The maximum absolute atomic E-state index is 14.0. The number of fused-ring (bicyclic) bond motifs is 1. The average Bonchev–Trinajstić information content (AvgIpc) is 2.85. The molecule has 7 nitrogen and oxygen atoms in total. The molecule has 0 spiro atoms. The summed E-state index contributed by atoms with van der Waals surface area (Å²) in [5.41, 5.74) is 9.03. The van der Waals surface area contributed by atoms with Crippen molar-refractivity contribution in [2.45, 2.75) is 19.9 Å². The molecule has 0 aliphatic carbocycles. The second-order valence-electron chi connectivity index (χ2n) is 7.72. The molecule has 168 valence electrons. The number of aromatic nitrogens is 3. The van der Waals surface area contributed by atoms with Crippen molar-refractivity contribution in [3.63, 3.8) is 0 Å². The van der Waals surface area contributed by atoms with E-state index in [0.29, 0.717) is 16.9 Å². The highest BCUT2D eigenvalue weighted by Crippen LogP contribution is 2.29. The third kappa shape index (κ3) is 3.93. The number of nitriles is 1. The second kappa shape index (κ2) is 9.43. The lowest BCUT2D eigenvalue weighted by Gasteiger charge is -2.22. The minimum Gasteiger partial charge on any atom is -0.382 e. The van der Waals surface area contributed by atoms with E-state index in [9.17, 15) is 10.1 Å². The fourth-order valence-electron chi connectivity index (χ4n) is 4.07. The largest absolute Gasteiger partial charge is 0.382 e. The first-order valence-electron chi connectivity index (χ1n) is 10.8. The molecular weight excluding hydrogens is 424 g/mol. The monoisotopic (exact) mass is 448 g/mol. The van der Waals surface area contributed by atoms with Crippen LogP contribution in [0.4, 0.5) is 11.6 Å². The lowest BCUT2D eigenvalue weighted by atomic mass is 9.97. The Kier molecular flexibility index (Phi) is 6.24. The van der Waals surface area contributed by atoms with E-state index < -0.39 is 0 Å². The molecule has 0 saturated carbocycles. The molecule has 0 unspecified atom stereocenters. The van der Waals surface area contributed by atoms with Gasteiger partial charge in [0.2, 0.25) is 0 Å². The van der Waals surface area contributed by atoms with Crippen molar-refractivity contribution < 1.29 is 0 Å². The molecule has 2 aromatic carbocycles. The van der Waals surface area contributed by atoms with Gasteiger partial charge < -0.3 is 11.1 Å². The number of pyridine rings is 1. The molecule has 0 aliphatic rings. The summed E-state index contributed by atoms with van der Waals surface area (Å²) in [4.78, 5) is 22.1. The number of anilines is 2. The van der Waals surface area contributed by atoms with E-state index in [1.54, 1.807) is 10.6 Å². The standard InChI is InChI=1S/C27H24N6O/c1-4-18(5-2)21-13-9-10-19-14-23(17(3)32-26-22(15-28)25(29)30-16-31-26)33(27(34)24(19)21)20-11-7-6-8-12-20/h4-14,16-17H,1H2,2-3H3,(H3,29,30,31,32)/b18-5+/t17-/m0/s1. The molecule has 0 amide bonds. The third-order valence-electron chi connectivity index (χ3n) is 5.72. The lowest BCUT2D eigenvalue weighted by Crippen LogP contribution is -2.26. The van der Waals surface area contributed by atoms with Gasteiger partial charge in [-0.2, -0.15) is 5.26 Å². The van der Waals surface area contributed by atoms with Crippen LogP contribution < -0.4 is 16.6 Å². The number of nitrogens with one attached hydrogen (secondary N) is 1. The highest BCUT2D eigenvalue weighted by Gasteiger charge is 2.20. The molecule has 2 heterocycles. The van der Waals surface area contributed by atoms with Crippen molar-refractivity contribution in [3.05, 3.63) is 107 Å². The van der Waals surface area contributed by atoms with E-state index >= 15 is 0 Å². The number of hydrogen-bond donors (Lipinski definition) is 2. The molecule has 0 aliphatic heterocycles. The number of para-hydroxylation sites is 1. The van der Waals surface area contributed by atoms with Crippen LogP contribution in [-0.2, 0) is 0 Å². The number of nitrogens with two attached hydrogens (primary N) is 1. The molecule has 0 radical (unpaired) electrons. The summed E-state index contributed by atoms with van der Waals surface area (Å²) in [5, 5.41) is 14.2. The summed E-state index contributed by atoms with van der Waals surface area (Å²) < 4.78 is 1.69. The quantitative estimate of drug-likeness (QED) is 0.402. The van der Waals surface area contributed by atoms with Gasteiger partial charge >= 0.3 is 0 Å². The van der Waals surface area contributed by atoms with E-state index in [4.69, 9.17) is 5.73 Å². The van der Waals surface area contributed by atoms with Gasteiger partial charge in [0.15, 0.2) is 0 Å². The fourth-order valence-corrected chi connectivity index (χ4v) is 4.07. The maximum atomic E-state index is 14.0. The Bertz CT molecular complexity index is 1510. The van der Waals surface area contributed by atoms with Crippen LogP contribution in [0.5, 0.6) is 0 Å². The molecule has 0 fully saturated rings. The summed E-state index contributed by atoms with van der Waals surface area (Å²) in [7, 11) is 0. The second-order valence-corrected chi connectivity index (χ2v) is 7.72. The summed E-state index contributed by atoms with van der Waals surface area (Å²) in [6.45, 7) is 7.74. The van der Waals surface area contributed by atoms with Crippen LogP contribution in [0.25, 0.3) is 22.0 Å². The van der Waals surface area contributed by atoms with Crippen LogP contribution >= 0.6 is 0 Å². The molecule has 34 heavy (non-hydrogen) atoms. The first-order chi connectivity index (χ1) is 16.5. The van der Waals surface area contributed by atoms with E-state index in [2.05, 4.69) is 21.9 Å². The highest BCUT2D eigenvalue weighted by atomic mass is 16.1. The molecular formula is C27H24N6O. The Hall–Kier alpha value is -4.70. The molecule has 4 rings (SSSR count). The molecule has 7 heteroatoms. The summed E-state index contributed by atoms with van der Waals surface area (Å²) in [6.07, 6.45) is 4.99. The predicted molar refractivity (Wildman–Crippen MR) is 137 cm³/mol. The SMILES string of the molecule is C=C/C(=C\C)c1cccc2cc([C@H](C)Nc3ncnc(N)c3C#N)n(-c3ccccc3)c(=O)c12. The molecule has 2 aromatic heterocycles. The van der Waals surface area contributed by atoms with E-state index in [0.717, 1.165) is 22.2 Å². The number of nitrogens with zero attached hydrogens (tertiary/aromatic N) is 4. The van der Waals surface area contributed by atoms with E-state index in [-0.39, 0.29) is 23.0 Å². The van der Waals surface area contributed by atoms with Gasteiger partial charge in [-0.1, -0.05) is 55.1 Å². The summed E-state index contributed by atoms with van der Waals surface area (Å²) >= 11 is 0. The van der Waals surface area contributed by atoms with Gasteiger partial charge in [0.1, 0.15) is 29.6 Å². The molecule has 1 atom stereocenters. The lowest BCUT2D eigenvalue weighted by molar-refractivity contribution is 0.772. The Balaban J connectivity index is 1.99. The molecule has 4 aromatic rings. The van der Waals surface area contributed by atoms with E-state index in [1.807, 2.05) is 80.6 Å². The average molecular weight is 449 g/mol. The predicted octanol–water partition coefficient (Wildman–Crippen LogP) is 5.00. The molecule has 3 N–H and O–H groups in total. The Morgan fingerprint density at radius 3 is 2.65 bits per heavy atom. The van der Waals surface area contributed by atoms with Gasteiger partial charge in [-0.15, -0.1) is 0 Å². The van der Waals surface area contributed by atoms with Crippen LogP contribution in [0.3, 0.4) is 0 Å². The molecule has 0 saturated heterocycles. The Labute approximate surface area is 197 Å². The van der Waals surface area contributed by atoms with Crippen LogP contribution in [0.15, 0.2) is 84.5 Å². The molecule has 0 bridgehead atoms. The van der Waals surface area contributed by atoms with Gasteiger partial charge in [-0.25, -0.2) is 9.97 Å². The normalized spacial score (nSPS) is 12.2. The van der Waals surface area contributed by atoms with Gasteiger partial charge in [-0.3, -0.25) is 9.36 Å². The summed E-state index contributed by atoms with van der Waals surface area (Å²) in [5.74, 6) is 0.408. The zero-order valence-electron chi connectivity index (χ0n) is 19.0. The topological polar surface area (TPSA) is 110 Å². The number of allylic oxidation sites excluding steroid dienone is 3. The zero-order valence-corrected chi connectivity index (χ0v) is 19.0. The van der Waals surface area contributed by atoms with Crippen molar-refractivity contribution in [3.8, 4) is 11.8 Å². The van der Waals surface area contributed by atoms with Crippen LogP contribution in [0.1, 0.15) is 36.7 Å². The number of nitrogen functional groups attached to an aromatic ring is 1. The Morgan fingerprint density at radius 2 is 1.97 bits per heavy atom. The maximum Gasteiger partial charge on any atom is 0.263 e. The minimum absolute atomic E-state index is 0.0964. The van der Waals surface area contributed by atoms with E-state index in [1.165, 1.54) is 6.33 Å². The highest BCUT2D eigenvalue weighted by molar-refractivity contribution is 5.95. The summed E-state index contributed by atoms with van der Waals surface area (Å²) in [6, 6.07) is 18.9. The van der Waals surface area contributed by atoms with Gasteiger partial charge in [0.25, 0.3) is 5.56 Å². The number of benzene rings is 2. The van der Waals surface area contributed by atoms with Crippen molar-refractivity contribution in [2.75, 3.05) is 11.1 Å². The van der Waals surface area contributed by atoms with Crippen LogP contribution in [-0.4, -0.2) is 14.5 Å². The minimum atomic E-state index is -0.386. The first kappa shape index (κ1) is 22.5. The van der Waals surface area contributed by atoms with Crippen molar-refractivity contribution >= 4 is 28.0 Å². The number of hydrogen-bond acceptors (Lipinski definition) is 6. The zero-order chi connectivity index (χ0) is 24.2.